The van der Waals surface area contributed by atoms with Gasteiger partial charge in [-0.25, -0.2) is 4.79 Å². The maximum absolute atomic E-state index is 12.3. The molecule has 0 radical (unpaired) electrons. The summed E-state index contributed by atoms with van der Waals surface area (Å²) in [6.45, 7) is 3.97. The second kappa shape index (κ2) is 5.56. The molecule has 112 valence electrons. The van der Waals surface area contributed by atoms with E-state index in [0.717, 1.165) is 33.4 Å². The molecule has 2 aromatic carbocycles. The van der Waals surface area contributed by atoms with Gasteiger partial charge in [-0.05, 0) is 31.0 Å². The molecule has 0 aliphatic heterocycles. The third kappa shape index (κ3) is 2.55. The lowest BCUT2D eigenvalue weighted by Crippen LogP contribution is -2.20. The van der Waals surface area contributed by atoms with Gasteiger partial charge in [-0.3, -0.25) is 0 Å². The number of nitrogens with one attached hydrogen (secondary N) is 2. The van der Waals surface area contributed by atoms with Gasteiger partial charge in [0.25, 0.3) is 0 Å². The predicted octanol–water partition coefficient (Wildman–Crippen LogP) is 4.44. The van der Waals surface area contributed by atoms with Crippen LogP contribution in [0.5, 0.6) is 0 Å². The van der Waals surface area contributed by atoms with E-state index in [9.17, 15) is 4.79 Å². The van der Waals surface area contributed by atoms with Crippen LogP contribution >= 0.6 is 0 Å². The molecule has 1 heterocycles. The molecule has 4 heteroatoms. The number of nitrogens with zero attached hydrogens (tertiary/aromatic N) is 1. The number of hydrogen-bond donors (Lipinski definition) is 2. The number of carbonyl (C=O) groups is 1. The number of benzene rings is 2. The zero-order valence-electron chi connectivity index (χ0n) is 13.0. The lowest BCUT2D eigenvalue weighted by molar-refractivity contribution is 0.262. The van der Waals surface area contributed by atoms with E-state index in [1.165, 1.54) is 0 Å². The first-order valence-corrected chi connectivity index (χ1v) is 7.24. The Kier molecular flexibility index (Phi) is 3.59. The fraction of sp³-hybridized carbons (Fsp3) is 0.167. The lowest BCUT2D eigenvalue weighted by Gasteiger charge is -2.12. The third-order valence-electron chi connectivity index (χ3n) is 3.86. The van der Waals surface area contributed by atoms with Crippen molar-refractivity contribution in [2.45, 2.75) is 13.8 Å². The van der Waals surface area contributed by atoms with Crippen molar-refractivity contribution in [3.8, 4) is 0 Å². The van der Waals surface area contributed by atoms with Gasteiger partial charge >= 0.3 is 6.03 Å². The molecule has 0 bridgehead atoms. The first-order valence-electron chi connectivity index (χ1n) is 7.24. The molecule has 3 aromatic rings. The molecule has 0 aliphatic rings. The largest absolute Gasteiger partial charge is 0.348 e. The summed E-state index contributed by atoms with van der Waals surface area (Å²) in [5.41, 5.74) is 4.85. The van der Waals surface area contributed by atoms with Gasteiger partial charge in [-0.15, -0.1) is 0 Å². The van der Waals surface area contributed by atoms with Crippen molar-refractivity contribution in [3.05, 3.63) is 59.8 Å². The molecular weight excluding hydrogens is 274 g/mol. The van der Waals surface area contributed by atoms with Crippen LogP contribution in [0.2, 0.25) is 0 Å². The Bertz CT molecular complexity index is 828. The predicted molar refractivity (Wildman–Crippen MR) is 91.5 cm³/mol. The van der Waals surface area contributed by atoms with Gasteiger partial charge in [0, 0.05) is 29.8 Å². The standard InChI is InChI=1S/C18H19N3O/c1-12-7-6-8-13(2)17(12)20-18(22)19-15-11-21(3)16-10-5-4-9-14(15)16/h4-11H,1-3H3,(H2,19,20,22). The molecule has 3 rings (SSSR count). The van der Waals surface area contributed by atoms with E-state index in [2.05, 4.69) is 10.6 Å². The summed E-state index contributed by atoms with van der Waals surface area (Å²) in [5, 5.41) is 6.91. The minimum atomic E-state index is -0.228. The Hall–Kier alpha value is -2.75. The van der Waals surface area contributed by atoms with Gasteiger partial charge in [0.05, 0.1) is 5.69 Å². The normalized spacial score (nSPS) is 10.7. The molecule has 0 unspecified atom stereocenters. The van der Waals surface area contributed by atoms with Crippen molar-refractivity contribution < 1.29 is 4.79 Å². The molecule has 0 aliphatic carbocycles. The highest BCUT2D eigenvalue weighted by Crippen LogP contribution is 2.25. The number of aromatic nitrogens is 1. The smallest absolute Gasteiger partial charge is 0.323 e. The van der Waals surface area contributed by atoms with E-state index in [1.807, 2.05) is 74.1 Å². The molecule has 4 nitrogen and oxygen atoms in total. The monoisotopic (exact) mass is 293 g/mol. The number of para-hydroxylation sites is 2. The van der Waals surface area contributed by atoms with Gasteiger partial charge in [0.1, 0.15) is 0 Å². The van der Waals surface area contributed by atoms with Crippen molar-refractivity contribution in [3.63, 3.8) is 0 Å². The molecule has 0 saturated carbocycles. The molecule has 0 fully saturated rings. The van der Waals surface area contributed by atoms with Gasteiger partial charge in [-0.2, -0.15) is 0 Å². The van der Waals surface area contributed by atoms with E-state index < -0.39 is 0 Å². The van der Waals surface area contributed by atoms with Crippen LogP contribution in [-0.4, -0.2) is 10.6 Å². The number of hydrogen-bond acceptors (Lipinski definition) is 1. The summed E-state index contributed by atoms with van der Waals surface area (Å²) in [6.07, 6.45) is 1.93. The first kappa shape index (κ1) is 14.2. The highest BCUT2D eigenvalue weighted by atomic mass is 16.2. The first-order chi connectivity index (χ1) is 10.6. The number of fused-ring (bicyclic) bond motifs is 1. The summed E-state index contributed by atoms with van der Waals surface area (Å²) < 4.78 is 2.00. The molecule has 0 atom stereocenters. The van der Waals surface area contributed by atoms with Crippen molar-refractivity contribution in [1.82, 2.24) is 4.57 Å². The van der Waals surface area contributed by atoms with Crippen LogP contribution in [0, 0.1) is 13.8 Å². The van der Waals surface area contributed by atoms with Crippen molar-refractivity contribution in [2.75, 3.05) is 10.6 Å². The Morgan fingerprint density at radius 1 is 0.955 bits per heavy atom. The summed E-state index contributed by atoms with van der Waals surface area (Å²) in [4.78, 5) is 12.3. The molecule has 22 heavy (non-hydrogen) atoms. The average Bonchev–Trinajstić information content (AvgIpc) is 2.80. The Morgan fingerprint density at radius 3 is 2.36 bits per heavy atom. The van der Waals surface area contributed by atoms with Crippen LogP contribution < -0.4 is 10.6 Å². The average molecular weight is 293 g/mol. The van der Waals surface area contributed by atoms with E-state index in [0.29, 0.717) is 0 Å². The quantitative estimate of drug-likeness (QED) is 0.721. The number of rotatable bonds is 2. The Morgan fingerprint density at radius 2 is 1.64 bits per heavy atom. The van der Waals surface area contributed by atoms with E-state index in [-0.39, 0.29) is 6.03 Å². The Labute approximate surface area is 129 Å². The topological polar surface area (TPSA) is 46.1 Å². The number of amides is 2. The van der Waals surface area contributed by atoms with Crippen molar-refractivity contribution in [1.29, 1.82) is 0 Å². The molecule has 2 N–H and O–H groups in total. The number of anilines is 2. The number of carbonyl (C=O) groups excluding carboxylic acids is 1. The summed E-state index contributed by atoms with van der Waals surface area (Å²) in [7, 11) is 1.97. The van der Waals surface area contributed by atoms with E-state index in [1.54, 1.807) is 0 Å². The molecule has 1 aromatic heterocycles. The Balaban J connectivity index is 1.85. The molecular formula is C18H19N3O. The molecule has 0 spiro atoms. The van der Waals surface area contributed by atoms with Crippen molar-refractivity contribution in [2.24, 2.45) is 7.05 Å². The summed E-state index contributed by atoms with van der Waals surface area (Å²) >= 11 is 0. The highest BCUT2D eigenvalue weighted by molar-refractivity contribution is 6.06. The summed E-state index contributed by atoms with van der Waals surface area (Å²) in [5.74, 6) is 0. The van der Waals surface area contributed by atoms with Crippen molar-refractivity contribution >= 4 is 28.3 Å². The fourth-order valence-electron chi connectivity index (χ4n) is 2.72. The number of aryl methyl sites for hydroxylation is 3. The lowest BCUT2D eigenvalue weighted by atomic mass is 10.1. The van der Waals surface area contributed by atoms with E-state index >= 15 is 0 Å². The molecule has 2 amide bonds. The minimum Gasteiger partial charge on any atom is -0.348 e. The number of urea groups is 1. The zero-order chi connectivity index (χ0) is 15.7. The SMILES string of the molecule is Cc1cccc(C)c1NC(=O)Nc1cn(C)c2ccccc12. The highest BCUT2D eigenvalue weighted by Gasteiger charge is 2.11. The maximum Gasteiger partial charge on any atom is 0.323 e. The zero-order valence-corrected chi connectivity index (χ0v) is 13.0. The van der Waals surface area contributed by atoms with Gasteiger partial charge in [0.2, 0.25) is 0 Å². The van der Waals surface area contributed by atoms with Crippen LogP contribution in [0.25, 0.3) is 10.9 Å². The van der Waals surface area contributed by atoms with Crippen LogP contribution in [0.1, 0.15) is 11.1 Å². The van der Waals surface area contributed by atoms with Crippen LogP contribution in [0.4, 0.5) is 16.2 Å². The second-order valence-electron chi connectivity index (χ2n) is 5.52. The van der Waals surface area contributed by atoms with Crippen LogP contribution in [-0.2, 0) is 7.05 Å². The fourth-order valence-corrected chi connectivity index (χ4v) is 2.72. The second-order valence-corrected chi connectivity index (χ2v) is 5.52. The van der Waals surface area contributed by atoms with Crippen LogP contribution in [0.3, 0.4) is 0 Å². The van der Waals surface area contributed by atoms with Gasteiger partial charge in [-0.1, -0.05) is 36.4 Å². The van der Waals surface area contributed by atoms with E-state index in [4.69, 9.17) is 0 Å². The minimum absolute atomic E-state index is 0.228. The molecule has 0 saturated heterocycles. The van der Waals surface area contributed by atoms with Gasteiger partial charge < -0.3 is 15.2 Å². The maximum atomic E-state index is 12.3. The van der Waals surface area contributed by atoms with Gasteiger partial charge in [0.15, 0.2) is 0 Å². The van der Waals surface area contributed by atoms with Crippen LogP contribution in [0.15, 0.2) is 48.7 Å². The summed E-state index contributed by atoms with van der Waals surface area (Å²) in [6, 6.07) is 13.7. The third-order valence-corrected chi connectivity index (χ3v) is 3.86.